The molecule has 0 aliphatic carbocycles. The van der Waals surface area contributed by atoms with Crippen molar-refractivity contribution in [2.24, 2.45) is 0 Å². The molecule has 0 fully saturated rings. The molecule has 0 aromatic carbocycles. The van der Waals surface area contributed by atoms with Crippen LogP contribution in [0.3, 0.4) is 0 Å². The summed E-state index contributed by atoms with van der Waals surface area (Å²) in [6.07, 6.45) is -2.65. The average molecular weight is 326 g/mol. The van der Waals surface area contributed by atoms with E-state index >= 15 is 0 Å². The number of aromatic nitrogens is 3. The van der Waals surface area contributed by atoms with E-state index in [4.69, 9.17) is 10.7 Å². The molecule has 0 saturated heterocycles. The number of hydrogen-bond donors (Lipinski definition) is 0. The molecule has 2 rings (SSSR count). The smallest absolute Gasteiger partial charge is 0.252 e. The first-order chi connectivity index (χ1) is 9.10. The maximum atomic E-state index is 12.6. The standard InChI is InChI=1S/C10H7ClF3N3O2S/c1-6-8(20(11,18)19)5-16-17(6)7-2-3-15-9(4-7)10(12,13)14/h2-5H,1H3. The molecule has 5 nitrogen and oxygen atoms in total. The third-order valence-corrected chi connectivity index (χ3v) is 3.93. The van der Waals surface area contributed by atoms with Crippen molar-refractivity contribution in [3.8, 4) is 5.69 Å². The number of nitrogens with zero attached hydrogens (tertiary/aromatic N) is 3. The van der Waals surface area contributed by atoms with Crippen LogP contribution in [0.2, 0.25) is 0 Å². The minimum Gasteiger partial charge on any atom is -0.252 e. The van der Waals surface area contributed by atoms with Crippen molar-refractivity contribution in [2.45, 2.75) is 18.0 Å². The fourth-order valence-electron chi connectivity index (χ4n) is 1.60. The van der Waals surface area contributed by atoms with E-state index in [-0.39, 0.29) is 16.3 Å². The van der Waals surface area contributed by atoms with Gasteiger partial charge in [0.25, 0.3) is 9.05 Å². The number of alkyl halides is 3. The van der Waals surface area contributed by atoms with Gasteiger partial charge in [-0.3, -0.25) is 4.98 Å². The van der Waals surface area contributed by atoms with Gasteiger partial charge >= 0.3 is 6.18 Å². The molecule has 0 atom stereocenters. The fourth-order valence-corrected chi connectivity index (χ4v) is 2.67. The molecule has 0 bridgehead atoms. The van der Waals surface area contributed by atoms with Gasteiger partial charge in [0, 0.05) is 16.9 Å². The Morgan fingerprint density at radius 2 is 2.00 bits per heavy atom. The first kappa shape index (κ1) is 14.8. The highest BCUT2D eigenvalue weighted by atomic mass is 35.7. The lowest BCUT2D eigenvalue weighted by Crippen LogP contribution is -2.09. The molecule has 0 N–H and O–H groups in total. The highest BCUT2D eigenvalue weighted by molar-refractivity contribution is 8.13. The van der Waals surface area contributed by atoms with Crippen LogP contribution in [0.25, 0.3) is 5.69 Å². The van der Waals surface area contributed by atoms with E-state index in [0.29, 0.717) is 0 Å². The second-order valence-corrected chi connectivity index (χ2v) is 6.38. The maximum absolute atomic E-state index is 12.6. The highest BCUT2D eigenvalue weighted by Crippen LogP contribution is 2.29. The molecule has 2 heterocycles. The molecule has 0 radical (unpaired) electrons. The summed E-state index contributed by atoms with van der Waals surface area (Å²) in [6.45, 7) is 1.38. The van der Waals surface area contributed by atoms with Crippen molar-refractivity contribution in [3.05, 3.63) is 35.9 Å². The van der Waals surface area contributed by atoms with E-state index in [0.717, 1.165) is 23.1 Å². The molecule has 108 valence electrons. The Bertz CT molecular complexity index is 755. The minimum atomic E-state index is -4.60. The van der Waals surface area contributed by atoms with E-state index in [1.165, 1.54) is 13.0 Å². The van der Waals surface area contributed by atoms with Crippen molar-refractivity contribution < 1.29 is 21.6 Å². The topological polar surface area (TPSA) is 64.8 Å². The minimum absolute atomic E-state index is 0.0383. The molecular formula is C10H7ClF3N3O2S. The van der Waals surface area contributed by atoms with Gasteiger partial charge in [-0.05, 0) is 19.1 Å². The van der Waals surface area contributed by atoms with E-state index in [1.54, 1.807) is 0 Å². The van der Waals surface area contributed by atoms with Gasteiger partial charge in [0.1, 0.15) is 10.6 Å². The van der Waals surface area contributed by atoms with Crippen LogP contribution in [0.4, 0.5) is 13.2 Å². The van der Waals surface area contributed by atoms with Gasteiger partial charge in [-0.2, -0.15) is 18.3 Å². The van der Waals surface area contributed by atoms with Crippen molar-refractivity contribution in [1.82, 2.24) is 14.8 Å². The monoisotopic (exact) mass is 325 g/mol. The number of pyridine rings is 1. The van der Waals surface area contributed by atoms with E-state index in [1.807, 2.05) is 0 Å². The SMILES string of the molecule is Cc1c(S(=O)(=O)Cl)cnn1-c1ccnc(C(F)(F)F)c1. The summed E-state index contributed by atoms with van der Waals surface area (Å²) in [6, 6.07) is 2.05. The molecule has 2 aromatic rings. The second-order valence-electron chi connectivity index (χ2n) is 3.84. The van der Waals surface area contributed by atoms with Gasteiger partial charge in [0.2, 0.25) is 0 Å². The lowest BCUT2D eigenvalue weighted by atomic mass is 10.3. The Morgan fingerprint density at radius 3 is 2.50 bits per heavy atom. The molecule has 0 aliphatic rings. The van der Waals surface area contributed by atoms with Crippen LogP contribution in [0, 0.1) is 6.92 Å². The summed E-state index contributed by atoms with van der Waals surface area (Å²) in [7, 11) is 1.19. The quantitative estimate of drug-likeness (QED) is 0.796. The molecule has 0 aliphatic heterocycles. The maximum Gasteiger partial charge on any atom is 0.433 e. The van der Waals surface area contributed by atoms with Crippen molar-refractivity contribution in [3.63, 3.8) is 0 Å². The molecule has 20 heavy (non-hydrogen) atoms. The Morgan fingerprint density at radius 1 is 1.35 bits per heavy atom. The Hall–Kier alpha value is -1.61. The van der Waals surface area contributed by atoms with Crippen LogP contribution in [-0.4, -0.2) is 23.2 Å². The zero-order valence-electron chi connectivity index (χ0n) is 9.89. The van der Waals surface area contributed by atoms with Crippen molar-refractivity contribution >= 4 is 19.7 Å². The number of hydrogen-bond acceptors (Lipinski definition) is 4. The van der Waals surface area contributed by atoms with Crippen LogP contribution in [0.1, 0.15) is 11.4 Å². The zero-order chi connectivity index (χ0) is 15.1. The van der Waals surface area contributed by atoms with Crippen LogP contribution in [0.15, 0.2) is 29.4 Å². The molecular weight excluding hydrogens is 319 g/mol. The van der Waals surface area contributed by atoms with Crippen LogP contribution in [0.5, 0.6) is 0 Å². The Labute approximate surface area is 116 Å². The van der Waals surface area contributed by atoms with Crippen molar-refractivity contribution in [1.29, 1.82) is 0 Å². The van der Waals surface area contributed by atoms with Crippen molar-refractivity contribution in [2.75, 3.05) is 0 Å². The number of halogens is 4. The molecule has 0 amide bonds. The summed E-state index contributed by atoms with van der Waals surface area (Å²) >= 11 is 0. The third kappa shape index (κ3) is 2.78. The first-order valence-corrected chi connectivity index (χ1v) is 7.44. The fraction of sp³-hybridized carbons (Fsp3) is 0.200. The predicted octanol–water partition coefficient (Wildman–Crippen LogP) is 2.52. The van der Waals surface area contributed by atoms with Crippen LogP contribution in [-0.2, 0) is 15.2 Å². The number of rotatable bonds is 2. The summed E-state index contributed by atoms with van der Waals surface area (Å²) in [4.78, 5) is 2.95. The third-order valence-electron chi connectivity index (χ3n) is 2.51. The molecule has 0 unspecified atom stereocenters. The molecule has 0 saturated carbocycles. The zero-order valence-corrected chi connectivity index (χ0v) is 11.5. The van der Waals surface area contributed by atoms with E-state index < -0.39 is 20.9 Å². The molecule has 10 heteroatoms. The van der Waals surface area contributed by atoms with Gasteiger partial charge in [0.15, 0.2) is 0 Å². The lowest BCUT2D eigenvalue weighted by Gasteiger charge is -2.09. The van der Waals surface area contributed by atoms with Crippen LogP contribution >= 0.6 is 10.7 Å². The first-order valence-electron chi connectivity index (χ1n) is 5.13. The lowest BCUT2D eigenvalue weighted by molar-refractivity contribution is -0.141. The normalized spacial score (nSPS) is 12.7. The van der Waals surface area contributed by atoms with Crippen LogP contribution < -0.4 is 0 Å². The summed E-state index contributed by atoms with van der Waals surface area (Å²) < 4.78 is 61.2. The second kappa shape index (κ2) is 4.74. The van der Waals surface area contributed by atoms with Gasteiger partial charge in [-0.15, -0.1) is 0 Å². The van der Waals surface area contributed by atoms with Gasteiger partial charge in [0.05, 0.1) is 17.6 Å². The molecule has 0 spiro atoms. The van der Waals surface area contributed by atoms with Gasteiger partial charge < -0.3 is 0 Å². The largest absolute Gasteiger partial charge is 0.433 e. The average Bonchev–Trinajstić information content (AvgIpc) is 2.70. The Balaban J connectivity index is 2.57. The predicted molar refractivity (Wildman–Crippen MR) is 64.1 cm³/mol. The van der Waals surface area contributed by atoms with E-state index in [9.17, 15) is 21.6 Å². The Kier molecular flexibility index (Phi) is 3.51. The summed E-state index contributed by atoms with van der Waals surface area (Å²) in [5.41, 5.74) is -0.948. The van der Waals surface area contributed by atoms with E-state index in [2.05, 4.69) is 10.1 Å². The van der Waals surface area contributed by atoms with Gasteiger partial charge in [-0.25, -0.2) is 13.1 Å². The molecule has 2 aromatic heterocycles. The summed E-state index contributed by atoms with van der Waals surface area (Å²) in [5, 5.41) is 3.73. The van der Waals surface area contributed by atoms with Gasteiger partial charge in [-0.1, -0.05) is 0 Å². The summed E-state index contributed by atoms with van der Waals surface area (Å²) in [5.74, 6) is 0. The highest BCUT2D eigenvalue weighted by Gasteiger charge is 2.32.